The van der Waals surface area contributed by atoms with Gasteiger partial charge in [-0.1, -0.05) is 17.7 Å². The van der Waals surface area contributed by atoms with Crippen LogP contribution in [0.15, 0.2) is 18.2 Å². The fourth-order valence-corrected chi connectivity index (χ4v) is 1.13. The van der Waals surface area contributed by atoms with Crippen LogP contribution in [0.1, 0.15) is 5.56 Å². The van der Waals surface area contributed by atoms with E-state index in [0.29, 0.717) is 16.3 Å². The summed E-state index contributed by atoms with van der Waals surface area (Å²) in [6.07, 6.45) is -0.0703. The molecule has 0 bridgehead atoms. The molecule has 4 heteroatoms. The fraction of sp³-hybridized carbons (Fsp3) is 0.125. The van der Waals surface area contributed by atoms with Crippen molar-refractivity contribution in [2.24, 2.45) is 0 Å². The normalized spacial score (nSPS) is 9.75. The Bertz CT molecular complexity index is 312. The molecule has 0 heterocycles. The number of hydrogen-bond acceptors (Lipinski definition) is 2. The van der Waals surface area contributed by atoms with Crippen LogP contribution in [0.25, 0.3) is 0 Å². The van der Waals surface area contributed by atoms with Crippen LogP contribution in [0.2, 0.25) is 5.02 Å². The van der Waals surface area contributed by atoms with Crippen molar-refractivity contribution in [3.05, 3.63) is 28.8 Å². The lowest BCUT2D eigenvalue weighted by molar-refractivity contribution is -0.136. The minimum absolute atomic E-state index is 0.0703. The van der Waals surface area contributed by atoms with Crippen LogP contribution in [-0.4, -0.2) is 11.1 Å². The van der Waals surface area contributed by atoms with Crippen LogP contribution in [-0.2, 0) is 11.2 Å². The van der Waals surface area contributed by atoms with Gasteiger partial charge in [-0.2, -0.15) is 0 Å². The number of hydrogen-bond donors (Lipinski definition) is 2. The van der Waals surface area contributed by atoms with Gasteiger partial charge >= 0.3 is 5.97 Å². The highest BCUT2D eigenvalue weighted by atomic mass is 35.5. The summed E-state index contributed by atoms with van der Waals surface area (Å²) in [5.74, 6) is -0.901. The third kappa shape index (κ3) is 2.13. The van der Waals surface area contributed by atoms with Gasteiger partial charge in [-0.25, -0.2) is 0 Å². The Morgan fingerprint density at radius 2 is 2.25 bits per heavy atom. The molecule has 3 nitrogen and oxygen atoms in total. The number of carbonyl (C=O) groups is 1. The number of aliphatic carboxylic acids is 1. The Balaban J connectivity index is 2.93. The van der Waals surface area contributed by atoms with Crippen LogP contribution in [0.5, 0.6) is 0 Å². The quantitative estimate of drug-likeness (QED) is 0.688. The Hall–Kier alpha value is -1.22. The summed E-state index contributed by atoms with van der Waals surface area (Å²) in [4.78, 5) is 10.3. The van der Waals surface area contributed by atoms with Crippen molar-refractivity contribution in [1.82, 2.24) is 0 Å². The van der Waals surface area contributed by atoms with E-state index >= 15 is 0 Å². The summed E-state index contributed by atoms with van der Waals surface area (Å²) in [5, 5.41) is 8.87. The van der Waals surface area contributed by atoms with Crippen molar-refractivity contribution in [2.75, 3.05) is 5.73 Å². The Morgan fingerprint density at radius 1 is 1.58 bits per heavy atom. The van der Waals surface area contributed by atoms with E-state index in [1.807, 2.05) is 0 Å². The van der Waals surface area contributed by atoms with E-state index in [1.165, 1.54) is 0 Å². The molecule has 0 amide bonds. The number of rotatable bonds is 2. The maximum atomic E-state index is 10.3. The zero-order chi connectivity index (χ0) is 9.14. The first kappa shape index (κ1) is 8.87. The lowest BCUT2D eigenvalue weighted by Crippen LogP contribution is -2.00. The van der Waals surface area contributed by atoms with E-state index in [1.54, 1.807) is 18.2 Å². The Kier molecular flexibility index (Phi) is 2.55. The highest BCUT2D eigenvalue weighted by Crippen LogP contribution is 2.19. The van der Waals surface area contributed by atoms with E-state index < -0.39 is 5.97 Å². The summed E-state index contributed by atoms with van der Waals surface area (Å²) < 4.78 is 0. The molecule has 0 unspecified atom stereocenters. The smallest absolute Gasteiger partial charge is 0.307 e. The highest BCUT2D eigenvalue weighted by Gasteiger charge is 2.04. The van der Waals surface area contributed by atoms with E-state index in [4.69, 9.17) is 22.4 Å². The number of halogens is 1. The van der Waals surface area contributed by atoms with Crippen LogP contribution < -0.4 is 5.73 Å². The van der Waals surface area contributed by atoms with Crippen molar-refractivity contribution < 1.29 is 9.90 Å². The molecule has 0 spiro atoms. The van der Waals surface area contributed by atoms with Crippen LogP contribution in [0.4, 0.5) is 5.69 Å². The average molecular weight is 186 g/mol. The molecule has 1 aromatic carbocycles. The van der Waals surface area contributed by atoms with Gasteiger partial charge in [0.2, 0.25) is 0 Å². The van der Waals surface area contributed by atoms with Crippen molar-refractivity contribution in [3.8, 4) is 0 Å². The number of anilines is 1. The monoisotopic (exact) mass is 185 g/mol. The zero-order valence-electron chi connectivity index (χ0n) is 6.25. The number of nitrogen functional groups attached to an aromatic ring is 1. The number of benzene rings is 1. The van der Waals surface area contributed by atoms with Crippen LogP contribution >= 0.6 is 11.6 Å². The summed E-state index contributed by atoms with van der Waals surface area (Å²) >= 11 is 5.73. The van der Waals surface area contributed by atoms with Gasteiger partial charge in [0.25, 0.3) is 0 Å². The van der Waals surface area contributed by atoms with E-state index in [9.17, 15) is 4.79 Å². The topological polar surface area (TPSA) is 63.3 Å². The minimum atomic E-state index is -0.901. The second-order valence-corrected chi connectivity index (χ2v) is 2.83. The molecular formula is C8H8ClNO2. The Morgan fingerprint density at radius 3 is 2.75 bits per heavy atom. The zero-order valence-corrected chi connectivity index (χ0v) is 7.01. The third-order valence-corrected chi connectivity index (χ3v) is 1.77. The van der Waals surface area contributed by atoms with Gasteiger partial charge in [0.15, 0.2) is 0 Å². The van der Waals surface area contributed by atoms with E-state index in [-0.39, 0.29) is 6.42 Å². The number of carboxylic acids is 1. The van der Waals surface area contributed by atoms with Crippen LogP contribution in [0.3, 0.4) is 0 Å². The molecule has 3 N–H and O–H groups in total. The predicted octanol–water partition coefficient (Wildman–Crippen LogP) is 1.55. The molecule has 1 aromatic rings. The van der Waals surface area contributed by atoms with Crippen molar-refractivity contribution in [3.63, 3.8) is 0 Å². The molecule has 64 valence electrons. The minimum Gasteiger partial charge on any atom is -0.481 e. The maximum Gasteiger partial charge on any atom is 0.307 e. The molecule has 12 heavy (non-hydrogen) atoms. The van der Waals surface area contributed by atoms with Gasteiger partial charge in [-0.15, -0.1) is 0 Å². The molecule has 0 aliphatic heterocycles. The molecule has 0 saturated carbocycles. The van der Waals surface area contributed by atoms with Crippen molar-refractivity contribution in [1.29, 1.82) is 0 Å². The molecule has 0 saturated heterocycles. The summed E-state index contributed by atoms with van der Waals surface area (Å²) in [7, 11) is 0. The first-order valence-electron chi connectivity index (χ1n) is 3.35. The van der Waals surface area contributed by atoms with Gasteiger partial charge in [0.05, 0.1) is 6.42 Å². The molecular weight excluding hydrogens is 178 g/mol. The van der Waals surface area contributed by atoms with E-state index in [2.05, 4.69) is 0 Å². The van der Waals surface area contributed by atoms with Crippen molar-refractivity contribution >= 4 is 23.3 Å². The third-order valence-electron chi connectivity index (χ3n) is 1.42. The van der Waals surface area contributed by atoms with E-state index in [0.717, 1.165) is 0 Å². The summed E-state index contributed by atoms with van der Waals surface area (Å²) in [6.45, 7) is 0. The lowest BCUT2D eigenvalue weighted by Gasteiger charge is -2.01. The number of carboxylic acid groups (broad SMARTS) is 1. The summed E-state index contributed by atoms with van der Waals surface area (Å²) in [6, 6.07) is 4.79. The molecule has 0 fully saturated rings. The van der Waals surface area contributed by atoms with Gasteiger partial charge in [0.1, 0.15) is 0 Å². The largest absolute Gasteiger partial charge is 0.481 e. The molecule has 0 atom stereocenters. The highest BCUT2D eigenvalue weighted by molar-refractivity contribution is 6.31. The second-order valence-electron chi connectivity index (χ2n) is 2.42. The van der Waals surface area contributed by atoms with Crippen LogP contribution in [0, 0.1) is 0 Å². The number of nitrogens with two attached hydrogens (primary N) is 1. The SMILES string of the molecule is Nc1ccc(CC(=O)O)c(Cl)c1. The summed E-state index contributed by atoms with van der Waals surface area (Å²) in [5.41, 5.74) is 6.54. The lowest BCUT2D eigenvalue weighted by atomic mass is 10.1. The molecule has 0 aromatic heterocycles. The molecule has 0 radical (unpaired) electrons. The standard InChI is InChI=1S/C8H8ClNO2/c9-7-4-6(10)2-1-5(7)3-8(11)12/h1-2,4H,3,10H2,(H,11,12). The van der Waals surface area contributed by atoms with Gasteiger partial charge in [-0.05, 0) is 17.7 Å². The van der Waals surface area contributed by atoms with Gasteiger partial charge in [0, 0.05) is 10.7 Å². The second kappa shape index (κ2) is 3.45. The Labute approximate surface area is 74.8 Å². The molecule has 0 aliphatic carbocycles. The van der Waals surface area contributed by atoms with Crippen molar-refractivity contribution in [2.45, 2.75) is 6.42 Å². The first-order valence-corrected chi connectivity index (χ1v) is 3.73. The maximum absolute atomic E-state index is 10.3. The van der Waals surface area contributed by atoms with Gasteiger partial charge in [-0.3, -0.25) is 4.79 Å². The first-order chi connectivity index (χ1) is 5.59. The molecule has 1 rings (SSSR count). The average Bonchev–Trinajstić information content (AvgIpc) is 1.94. The fourth-order valence-electron chi connectivity index (χ4n) is 0.870. The predicted molar refractivity (Wildman–Crippen MR) is 47.2 cm³/mol. The van der Waals surface area contributed by atoms with Gasteiger partial charge < -0.3 is 10.8 Å². The molecule has 0 aliphatic rings.